The molecule has 3 atom stereocenters. The molecule has 0 spiro atoms. The molecule has 3 unspecified atom stereocenters. The lowest BCUT2D eigenvalue weighted by Crippen LogP contribution is -2.40. The molecular formula is C13H19BrN2S. The SMILES string of the molecule is CC(c1cc(Br)cs1)N1CC2CCCNC2C1. The lowest BCUT2D eigenvalue weighted by molar-refractivity contribution is 0.254. The Morgan fingerprint density at radius 1 is 1.53 bits per heavy atom. The fourth-order valence-corrected chi connectivity index (χ4v) is 4.66. The first-order valence-electron chi connectivity index (χ1n) is 6.45. The van der Waals surface area contributed by atoms with Gasteiger partial charge in [-0.2, -0.15) is 0 Å². The zero-order chi connectivity index (χ0) is 11.8. The second-order valence-corrected chi connectivity index (χ2v) is 7.12. The van der Waals surface area contributed by atoms with Gasteiger partial charge in [0.1, 0.15) is 0 Å². The number of nitrogens with one attached hydrogen (secondary N) is 1. The molecule has 2 nitrogen and oxygen atoms in total. The summed E-state index contributed by atoms with van der Waals surface area (Å²) in [6, 6.07) is 3.58. The van der Waals surface area contributed by atoms with E-state index in [0.29, 0.717) is 6.04 Å². The molecule has 3 heterocycles. The van der Waals surface area contributed by atoms with Crippen molar-refractivity contribution in [2.24, 2.45) is 5.92 Å². The summed E-state index contributed by atoms with van der Waals surface area (Å²) >= 11 is 5.42. The van der Waals surface area contributed by atoms with E-state index in [1.807, 2.05) is 11.3 Å². The summed E-state index contributed by atoms with van der Waals surface area (Å²) in [5, 5.41) is 5.86. The molecule has 17 heavy (non-hydrogen) atoms. The van der Waals surface area contributed by atoms with Gasteiger partial charge in [-0.1, -0.05) is 0 Å². The maximum Gasteiger partial charge on any atom is 0.0414 e. The van der Waals surface area contributed by atoms with Gasteiger partial charge in [0.2, 0.25) is 0 Å². The normalized spacial score (nSPS) is 31.4. The molecule has 2 aliphatic heterocycles. The predicted octanol–water partition coefficient (Wildman–Crippen LogP) is 3.26. The van der Waals surface area contributed by atoms with Crippen LogP contribution < -0.4 is 5.32 Å². The van der Waals surface area contributed by atoms with E-state index in [-0.39, 0.29) is 0 Å². The van der Waals surface area contributed by atoms with Crippen molar-refractivity contribution in [1.82, 2.24) is 10.2 Å². The molecular weight excluding hydrogens is 296 g/mol. The summed E-state index contributed by atoms with van der Waals surface area (Å²) in [6.45, 7) is 6.05. The number of nitrogens with zero attached hydrogens (tertiary/aromatic N) is 1. The third-order valence-electron chi connectivity index (χ3n) is 4.17. The maximum absolute atomic E-state index is 3.68. The van der Waals surface area contributed by atoms with Crippen LogP contribution in [0, 0.1) is 5.92 Å². The number of fused-ring (bicyclic) bond motifs is 1. The third kappa shape index (κ3) is 2.46. The van der Waals surface area contributed by atoms with Gasteiger partial charge in [0.05, 0.1) is 0 Å². The Hall–Kier alpha value is 0.1000. The van der Waals surface area contributed by atoms with Crippen molar-refractivity contribution < 1.29 is 0 Å². The molecule has 1 aromatic rings. The van der Waals surface area contributed by atoms with Crippen molar-refractivity contribution in [3.63, 3.8) is 0 Å². The number of hydrogen-bond acceptors (Lipinski definition) is 3. The number of halogens is 1. The molecule has 2 fully saturated rings. The predicted molar refractivity (Wildman–Crippen MR) is 76.5 cm³/mol. The van der Waals surface area contributed by atoms with E-state index in [2.05, 4.69) is 44.5 Å². The highest BCUT2D eigenvalue weighted by atomic mass is 79.9. The maximum atomic E-state index is 3.68. The molecule has 4 heteroatoms. The molecule has 1 N–H and O–H groups in total. The smallest absolute Gasteiger partial charge is 0.0414 e. The fourth-order valence-electron chi connectivity index (χ4n) is 3.12. The van der Waals surface area contributed by atoms with Gasteiger partial charge < -0.3 is 5.32 Å². The number of piperidine rings is 1. The van der Waals surface area contributed by atoms with Crippen LogP contribution in [-0.4, -0.2) is 30.6 Å². The summed E-state index contributed by atoms with van der Waals surface area (Å²) in [7, 11) is 0. The van der Waals surface area contributed by atoms with E-state index < -0.39 is 0 Å². The topological polar surface area (TPSA) is 15.3 Å². The van der Waals surface area contributed by atoms with Gasteiger partial charge in [-0.3, -0.25) is 4.90 Å². The van der Waals surface area contributed by atoms with E-state index in [1.54, 1.807) is 0 Å². The Kier molecular flexibility index (Phi) is 3.57. The van der Waals surface area contributed by atoms with Gasteiger partial charge in [-0.25, -0.2) is 0 Å². The minimum Gasteiger partial charge on any atom is -0.312 e. The Bertz CT molecular complexity index is 379. The van der Waals surface area contributed by atoms with Gasteiger partial charge in [-0.15, -0.1) is 11.3 Å². The van der Waals surface area contributed by atoms with Crippen LogP contribution in [0.15, 0.2) is 15.9 Å². The second kappa shape index (κ2) is 5.00. The Balaban J connectivity index is 1.69. The van der Waals surface area contributed by atoms with Crippen molar-refractivity contribution in [3.8, 4) is 0 Å². The van der Waals surface area contributed by atoms with E-state index >= 15 is 0 Å². The van der Waals surface area contributed by atoms with Crippen LogP contribution >= 0.6 is 27.3 Å². The standard InChI is InChI=1S/C13H19BrN2S/c1-9(13-5-11(14)8-17-13)16-6-10-3-2-4-15-12(10)7-16/h5,8-10,12,15H,2-4,6-7H2,1H3. The van der Waals surface area contributed by atoms with Gasteiger partial charge in [-0.05, 0) is 54.2 Å². The van der Waals surface area contributed by atoms with Crippen LogP contribution in [-0.2, 0) is 0 Å². The first-order chi connectivity index (χ1) is 8.24. The summed E-state index contributed by atoms with van der Waals surface area (Å²) in [6.07, 6.45) is 2.77. The van der Waals surface area contributed by atoms with Gasteiger partial charge in [0, 0.05) is 39.9 Å². The molecule has 0 saturated carbocycles. The molecule has 2 aliphatic rings. The molecule has 0 aromatic carbocycles. The average molecular weight is 315 g/mol. The van der Waals surface area contributed by atoms with Crippen molar-refractivity contribution in [2.45, 2.75) is 31.8 Å². The van der Waals surface area contributed by atoms with Crippen LogP contribution in [0.4, 0.5) is 0 Å². The van der Waals surface area contributed by atoms with Crippen LogP contribution in [0.25, 0.3) is 0 Å². The molecule has 3 rings (SSSR count). The summed E-state index contributed by atoms with van der Waals surface area (Å²) in [4.78, 5) is 4.13. The van der Waals surface area contributed by atoms with Gasteiger partial charge >= 0.3 is 0 Å². The number of hydrogen-bond donors (Lipinski definition) is 1. The highest BCUT2D eigenvalue weighted by Gasteiger charge is 2.36. The molecule has 1 aromatic heterocycles. The number of thiophene rings is 1. The molecule has 0 aliphatic carbocycles. The van der Waals surface area contributed by atoms with E-state index in [4.69, 9.17) is 0 Å². The van der Waals surface area contributed by atoms with Crippen LogP contribution in [0.5, 0.6) is 0 Å². The van der Waals surface area contributed by atoms with Gasteiger partial charge in [0.15, 0.2) is 0 Å². The largest absolute Gasteiger partial charge is 0.312 e. The zero-order valence-electron chi connectivity index (χ0n) is 10.2. The average Bonchev–Trinajstić information content (AvgIpc) is 2.93. The van der Waals surface area contributed by atoms with E-state index in [0.717, 1.165) is 12.0 Å². The molecule has 0 radical (unpaired) electrons. The Morgan fingerprint density at radius 3 is 3.12 bits per heavy atom. The Morgan fingerprint density at radius 2 is 2.41 bits per heavy atom. The first-order valence-corrected chi connectivity index (χ1v) is 8.12. The van der Waals surface area contributed by atoms with E-state index in [9.17, 15) is 0 Å². The lowest BCUT2D eigenvalue weighted by Gasteiger charge is -2.25. The minimum absolute atomic E-state index is 0.568. The highest BCUT2D eigenvalue weighted by Crippen LogP contribution is 2.34. The molecule has 2 saturated heterocycles. The van der Waals surface area contributed by atoms with Crippen molar-refractivity contribution in [2.75, 3.05) is 19.6 Å². The number of rotatable bonds is 2. The minimum atomic E-state index is 0.568. The number of likely N-dealkylation sites (tertiary alicyclic amines) is 1. The first kappa shape index (κ1) is 12.2. The summed E-state index contributed by atoms with van der Waals surface area (Å²) < 4.78 is 1.22. The molecule has 0 amide bonds. The molecule has 0 bridgehead atoms. The highest BCUT2D eigenvalue weighted by molar-refractivity contribution is 9.10. The lowest BCUT2D eigenvalue weighted by atomic mass is 9.94. The van der Waals surface area contributed by atoms with E-state index in [1.165, 1.54) is 41.8 Å². The zero-order valence-corrected chi connectivity index (χ0v) is 12.6. The fraction of sp³-hybridized carbons (Fsp3) is 0.692. The second-order valence-electron chi connectivity index (χ2n) is 5.26. The quantitative estimate of drug-likeness (QED) is 0.901. The Labute approximate surface area is 116 Å². The third-order valence-corrected chi connectivity index (χ3v) is 6.04. The van der Waals surface area contributed by atoms with Crippen molar-refractivity contribution >= 4 is 27.3 Å². The van der Waals surface area contributed by atoms with Crippen LogP contribution in [0.2, 0.25) is 0 Å². The monoisotopic (exact) mass is 314 g/mol. The van der Waals surface area contributed by atoms with Crippen LogP contribution in [0.3, 0.4) is 0 Å². The van der Waals surface area contributed by atoms with Crippen molar-refractivity contribution in [3.05, 3.63) is 20.8 Å². The van der Waals surface area contributed by atoms with Crippen molar-refractivity contribution in [1.29, 1.82) is 0 Å². The van der Waals surface area contributed by atoms with Gasteiger partial charge in [0.25, 0.3) is 0 Å². The summed E-state index contributed by atoms with van der Waals surface area (Å²) in [5.41, 5.74) is 0. The molecule has 94 valence electrons. The summed E-state index contributed by atoms with van der Waals surface area (Å²) in [5.74, 6) is 0.884. The van der Waals surface area contributed by atoms with Crippen LogP contribution in [0.1, 0.15) is 30.7 Å².